The molecule has 1 saturated heterocycles. The van der Waals surface area contributed by atoms with Gasteiger partial charge in [0, 0.05) is 25.4 Å². The molecule has 1 atom stereocenters. The number of hydrogen-bond donors (Lipinski definition) is 1. The summed E-state index contributed by atoms with van der Waals surface area (Å²) >= 11 is 0. The molecule has 0 aromatic heterocycles. The van der Waals surface area contributed by atoms with Crippen molar-refractivity contribution in [3.8, 4) is 0 Å². The van der Waals surface area contributed by atoms with E-state index in [0.29, 0.717) is 19.4 Å². The normalized spacial score (nSPS) is 20.2. The smallest absolute Gasteiger partial charge is 0.311 e. The third kappa shape index (κ3) is 3.96. The molecule has 0 bridgehead atoms. The monoisotopic (exact) mass is 351 g/mol. The second kappa shape index (κ2) is 7.73. The van der Waals surface area contributed by atoms with Gasteiger partial charge in [0.05, 0.1) is 5.41 Å². The predicted molar refractivity (Wildman–Crippen MR) is 101 cm³/mol. The van der Waals surface area contributed by atoms with E-state index in [0.717, 1.165) is 17.5 Å². The number of carbonyl (C=O) groups is 2. The molecule has 0 spiro atoms. The molecule has 1 fully saturated rings. The number of benzene rings is 2. The second-order valence-corrected chi connectivity index (χ2v) is 7.36. The van der Waals surface area contributed by atoms with Crippen molar-refractivity contribution in [1.29, 1.82) is 0 Å². The minimum atomic E-state index is -0.844. The molecule has 1 aliphatic rings. The number of carboxylic acid groups (broad SMARTS) is 1. The van der Waals surface area contributed by atoms with E-state index in [2.05, 4.69) is 0 Å². The highest BCUT2D eigenvalue weighted by Gasteiger charge is 2.39. The molecule has 4 heteroatoms. The van der Waals surface area contributed by atoms with Crippen molar-refractivity contribution in [1.82, 2.24) is 4.90 Å². The predicted octanol–water partition coefficient (Wildman–Crippen LogP) is 3.92. The fourth-order valence-corrected chi connectivity index (χ4v) is 3.73. The second-order valence-electron chi connectivity index (χ2n) is 7.36. The van der Waals surface area contributed by atoms with E-state index >= 15 is 0 Å². The number of hydrogen-bond acceptors (Lipinski definition) is 2. The van der Waals surface area contributed by atoms with Gasteiger partial charge < -0.3 is 10.0 Å². The van der Waals surface area contributed by atoms with Crippen LogP contribution in [0.15, 0.2) is 60.7 Å². The highest BCUT2D eigenvalue weighted by atomic mass is 16.4. The Labute approximate surface area is 154 Å². The Morgan fingerprint density at radius 1 is 1.04 bits per heavy atom. The van der Waals surface area contributed by atoms with Gasteiger partial charge in [0.2, 0.25) is 5.91 Å². The summed E-state index contributed by atoms with van der Waals surface area (Å²) in [6.07, 6.45) is 1.70. The summed E-state index contributed by atoms with van der Waals surface area (Å²) in [4.78, 5) is 26.3. The van der Waals surface area contributed by atoms with E-state index in [4.69, 9.17) is 0 Å². The highest BCUT2D eigenvalue weighted by molar-refractivity contribution is 5.80. The van der Waals surface area contributed by atoms with E-state index in [9.17, 15) is 14.7 Å². The van der Waals surface area contributed by atoms with Crippen molar-refractivity contribution in [3.63, 3.8) is 0 Å². The Morgan fingerprint density at radius 3 is 2.08 bits per heavy atom. The zero-order valence-corrected chi connectivity index (χ0v) is 15.1. The highest BCUT2D eigenvalue weighted by Crippen LogP contribution is 2.33. The number of likely N-dealkylation sites (tertiary alicyclic amines) is 1. The zero-order chi connectivity index (χ0) is 18.6. The van der Waals surface area contributed by atoms with Gasteiger partial charge in [0.15, 0.2) is 0 Å². The van der Waals surface area contributed by atoms with E-state index in [1.54, 1.807) is 11.8 Å². The Kier molecular flexibility index (Phi) is 5.40. The zero-order valence-electron chi connectivity index (χ0n) is 15.1. The van der Waals surface area contributed by atoms with E-state index in [-0.39, 0.29) is 18.4 Å². The van der Waals surface area contributed by atoms with Gasteiger partial charge in [0.25, 0.3) is 0 Å². The lowest BCUT2D eigenvalue weighted by molar-refractivity contribution is -0.153. The Balaban J connectivity index is 1.81. The summed E-state index contributed by atoms with van der Waals surface area (Å²) in [5.41, 5.74) is 1.36. The number of carboxylic acids is 1. The fraction of sp³-hybridized carbons (Fsp3) is 0.364. The van der Waals surface area contributed by atoms with Crippen molar-refractivity contribution >= 4 is 11.9 Å². The molecule has 26 heavy (non-hydrogen) atoms. The van der Waals surface area contributed by atoms with Gasteiger partial charge in [-0.25, -0.2) is 0 Å². The SMILES string of the molecule is CC1(C(=O)O)CCCN(C(=O)CC(c2ccccc2)c2ccccc2)C1. The molecule has 0 saturated carbocycles. The number of amides is 1. The molecule has 2 aromatic carbocycles. The van der Waals surface area contributed by atoms with Crippen LogP contribution in [0.1, 0.15) is 43.2 Å². The lowest BCUT2D eigenvalue weighted by Gasteiger charge is -2.38. The first-order valence-electron chi connectivity index (χ1n) is 9.11. The summed E-state index contributed by atoms with van der Waals surface area (Å²) in [7, 11) is 0. The maximum absolute atomic E-state index is 13.0. The molecule has 1 heterocycles. The van der Waals surface area contributed by atoms with Crippen LogP contribution in [0.25, 0.3) is 0 Å². The summed E-state index contributed by atoms with van der Waals surface area (Å²) < 4.78 is 0. The van der Waals surface area contributed by atoms with Crippen LogP contribution in [0.2, 0.25) is 0 Å². The minimum absolute atomic E-state index is 0.0230. The van der Waals surface area contributed by atoms with Gasteiger partial charge >= 0.3 is 5.97 Å². The molecule has 3 rings (SSSR count). The van der Waals surface area contributed by atoms with Crippen molar-refractivity contribution in [3.05, 3.63) is 71.8 Å². The van der Waals surface area contributed by atoms with Gasteiger partial charge in [0.1, 0.15) is 0 Å². The first kappa shape index (κ1) is 18.2. The molecule has 1 unspecified atom stereocenters. The molecule has 2 aromatic rings. The van der Waals surface area contributed by atoms with E-state index in [1.807, 2.05) is 60.7 Å². The molecule has 136 valence electrons. The van der Waals surface area contributed by atoms with Gasteiger partial charge in [-0.05, 0) is 30.9 Å². The standard InChI is InChI=1S/C22H25NO3/c1-22(21(25)26)13-8-14-23(16-22)20(24)15-19(17-9-4-2-5-10-17)18-11-6-3-7-12-18/h2-7,9-12,19H,8,13-16H2,1H3,(H,25,26). The van der Waals surface area contributed by atoms with Crippen molar-refractivity contribution in [2.45, 2.75) is 32.1 Å². The largest absolute Gasteiger partial charge is 0.481 e. The Bertz CT molecular complexity index is 720. The molecular formula is C22H25NO3. The van der Waals surface area contributed by atoms with Crippen molar-refractivity contribution < 1.29 is 14.7 Å². The van der Waals surface area contributed by atoms with Crippen molar-refractivity contribution in [2.24, 2.45) is 5.41 Å². The van der Waals surface area contributed by atoms with E-state index in [1.165, 1.54) is 0 Å². The van der Waals surface area contributed by atoms with Crippen LogP contribution < -0.4 is 0 Å². The summed E-state index contributed by atoms with van der Waals surface area (Å²) in [5.74, 6) is -0.824. The topological polar surface area (TPSA) is 57.6 Å². The van der Waals surface area contributed by atoms with Crippen LogP contribution in [0.4, 0.5) is 0 Å². The van der Waals surface area contributed by atoms with Gasteiger partial charge in [-0.1, -0.05) is 60.7 Å². The summed E-state index contributed by atoms with van der Waals surface area (Å²) in [5, 5.41) is 9.50. The first-order chi connectivity index (χ1) is 12.5. The first-order valence-corrected chi connectivity index (χ1v) is 9.11. The molecule has 1 N–H and O–H groups in total. The summed E-state index contributed by atoms with van der Waals surface area (Å²) in [6, 6.07) is 20.1. The van der Waals surface area contributed by atoms with Crippen LogP contribution in [0.3, 0.4) is 0 Å². The van der Waals surface area contributed by atoms with Crippen LogP contribution in [-0.2, 0) is 9.59 Å². The van der Waals surface area contributed by atoms with Crippen LogP contribution in [0.5, 0.6) is 0 Å². The van der Waals surface area contributed by atoms with Crippen LogP contribution in [-0.4, -0.2) is 35.0 Å². The number of aliphatic carboxylic acids is 1. The number of piperidine rings is 1. The van der Waals surface area contributed by atoms with Crippen molar-refractivity contribution in [2.75, 3.05) is 13.1 Å². The molecule has 1 aliphatic heterocycles. The number of rotatable bonds is 5. The maximum Gasteiger partial charge on any atom is 0.311 e. The average Bonchev–Trinajstić information content (AvgIpc) is 2.67. The van der Waals surface area contributed by atoms with Gasteiger partial charge in [-0.3, -0.25) is 9.59 Å². The van der Waals surface area contributed by atoms with Crippen LogP contribution >= 0.6 is 0 Å². The quantitative estimate of drug-likeness (QED) is 0.888. The van der Waals surface area contributed by atoms with Crippen LogP contribution in [0, 0.1) is 5.41 Å². The van der Waals surface area contributed by atoms with Gasteiger partial charge in [-0.15, -0.1) is 0 Å². The number of carbonyl (C=O) groups excluding carboxylic acids is 1. The van der Waals surface area contributed by atoms with E-state index < -0.39 is 11.4 Å². The average molecular weight is 351 g/mol. The third-order valence-electron chi connectivity index (χ3n) is 5.35. The number of nitrogens with zero attached hydrogens (tertiary/aromatic N) is 1. The maximum atomic E-state index is 13.0. The lowest BCUT2D eigenvalue weighted by Crippen LogP contribution is -2.48. The third-order valence-corrected chi connectivity index (χ3v) is 5.35. The molecular weight excluding hydrogens is 326 g/mol. The molecule has 1 amide bonds. The summed E-state index contributed by atoms with van der Waals surface area (Å²) in [6.45, 7) is 2.66. The van der Waals surface area contributed by atoms with Gasteiger partial charge in [-0.2, -0.15) is 0 Å². The Morgan fingerprint density at radius 2 is 1.58 bits per heavy atom. The fourth-order valence-electron chi connectivity index (χ4n) is 3.73. The molecule has 0 radical (unpaired) electrons. The Hall–Kier alpha value is -2.62. The molecule has 0 aliphatic carbocycles. The molecule has 4 nitrogen and oxygen atoms in total. The minimum Gasteiger partial charge on any atom is -0.481 e. The lowest BCUT2D eigenvalue weighted by atomic mass is 9.81.